The monoisotopic (exact) mass is 438 g/mol. The number of sulfonamides is 1. The molecule has 2 rings (SSSR count). The smallest absolute Gasteiger partial charge is 0.330 e. The number of carbonyl (C=O) groups excluding carboxylic acids is 2. The van der Waals surface area contributed by atoms with Crippen LogP contribution in [0.15, 0.2) is 23.1 Å². The van der Waals surface area contributed by atoms with E-state index < -0.39 is 40.5 Å². The van der Waals surface area contributed by atoms with E-state index in [1.165, 1.54) is 22.5 Å². The lowest BCUT2D eigenvalue weighted by Gasteiger charge is -2.31. The molecule has 1 aromatic rings. The maximum Gasteiger partial charge on any atom is 0.330 e. The quantitative estimate of drug-likeness (QED) is 0.641. The fraction of sp³-hybridized carbons (Fsp3) is 0.500. The highest BCUT2D eigenvalue weighted by molar-refractivity contribution is 7.89. The van der Waals surface area contributed by atoms with Gasteiger partial charge in [-0.25, -0.2) is 13.2 Å². The minimum atomic E-state index is -3.84. The van der Waals surface area contributed by atoms with Crippen molar-refractivity contribution in [2.24, 2.45) is 5.92 Å². The van der Waals surface area contributed by atoms with Gasteiger partial charge >= 0.3 is 5.97 Å². The summed E-state index contributed by atoms with van der Waals surface area (Å²) < 4.78 is 31.3. The summed E-state index contributed by atoms with van der Waals surface area (Å²) in [6.07, 6.45) is 0.533. The van der Waals surface area contributed by atoms with Gasteiger partial charge in [0.2, 0.25) is 15.9 Å². The number of nitrogens with zero attached hydrogens (tertiary/aromatic N) is 1. The van der Waals surface area contributed by atoms with Gasteiger partial charge in [-0.2, -0.15) is 4.31 Å². The first-order valence-electron chi connectivity index (χ1n) is 8.15. The van der Waals surface area contributed by atoms with E-state index in [4.69, 9.17) is 23.2 Å². The molecule has 0 saturated carbocycles. The molecule has 27 heavy (non-hydrogen) atoms. The normalized spacial score (nSPS) is 17.3. The Morgan fingerprint density at radius 3 is 2.52 bits per heavy atom. The Morgan fingerprint density at radius 2 is 1.96 bits per heavy atom. The predicted molar refractivity (Wildman–Crippen MR) is 99.0 cm³/mol. The molecule has 1 aromatic carbocycles. The van der Waals surface area contributed by atoms with Crippen molar-refractivity contribution in [2.45, 2.75) is 23.8 Å². The number of nitrogens with one attached hydrogen (secondary N) is 1. The van der Waals surface area contributed by atoms with Crippen LogP contribution in [0.5, 0.6) is 0 Å². The topological polar surface area (TPSA) is 113 Å². The average molecular weight is 439 g/mol. The molecule has 1 aliphatic rings. The second-order valence-electron chi connectivity index (χ2n) is 6.02. The molecule has 1 heterocycles. The predicted octanol–water partition coefficient (Wildman–Crippen LogP) is 1.04. The Labute approximate surface area is 167 Å². The average Bonchev–Trinajstić information content (AvgIpc) is 2.67. The summed E-state index contributed by atoms with van der Waals surface area (Å²) in [5.74, 6) is -1.66. The standard InChI is InChI=1S/C16H20Cl2N2O6S/c1-26-16(23)13(9-21)19-15(22)10-4-6-20(7-5-10)27(24,25)14-8-11(17)2-3-12(14)18/h2-3,8,10,13,21H,4-7,9H2,1H3,(H,19,22)/t13-/m0/s1. The number of carbonyl (C=O) groups is 2. The molecule has 0 unspecified atom stereocenters. The second-order valence-corrected chi connectivity index (χ2v) is 8.77. The summed E-state index contributed by atoms with van der Waals surface area (Å²) in [6.45, 7) is -0.352. The number of hydrogen-bond acceptors (Lipinski definition) is 6. The van der Waals surface area contributed by atoms with E-state index in [-0.39, 0.29) is 40.9 Å². The Kier molecular flexibility index (Phi) is 7.47. The SMILES string of the molecule is COC(=O)[C@H](CO)NC(=O)C1CCN(S(=O)(=O)c2cc(Cl)ccc2Cl)CC1. The van der Waals surface area contributed by atoms with Gasteiger partial charge in [-0.1, -0.05) is 23.2 Å². The lowest BCUT2D eigenvalue weighted by atomic mass is 9.97. The van der Waals surface area contributed by atoms with Crippen LogP contribution in [0, 0.1) is 5.92 Å². The molecule has 11 heteroatoms. The van der Waals surface area contributed by atoms with Crippen molar-refractivity contribution >= 4 is 45.1 Å². The molecular weight excluding hydrogens is 419 g/mol. The molecule has 0 aliphatic carbocycles. The first kappa shape index (κ1) is 21.9. The highest BCUT2D eigenvalue weighted by atomic mass is 35.5. The zero-order valence-electron chi connectivity index (χ0n) is 14.5. The van der Waals surface area contributed by atoms with Crippen LogP contribution >= 0.6 is 23.2 Å². The minimum Gasteiger partial charge on any atom is -0.467 e. The number of aliphatic hydroxyl groups is 1. The van der Waals surface area contributed by atoms with Crippen molar-refractivity contribution in [1.82, 2.24) is 9.62 Å². The van der Waals surface area contributed by atoms with Crippen LogP contribution in [-0.4, -0.2) is 62.6 Å². The zero-order valence-corrected chi connectivity index (χ0v) is 16.9. The van der Waals surface area contributed by atoms with Gasteiger partial charge in [0.1, 0.15) is 4.90 Å². The Balaban J connectivity index is 2.03. The van der Waals surface area contributed by atoms with Gasteiger partial charge in [-0.05, 0) is 31.0 Å². The summed E-state index contributed by atoms with van der Waals surface area (Å²) in [6, 6.07) is 3.06. The number of halogens is 2. The summed E-state index contributed by atoms with van der Waals surface area (Å²) in [7, 11) is -2.68. The number of amides is 1. The number of rotatable bonds is 6. The van der Waals surface area contributed by atoms with E-state index in [0.717, 1.165) is 7.11 Å². The summed E-state index contributed by atoms with van der Waals surface area (Å²) >= 11 is 11.9. The molecule has 1 fully saturated rings. The van der Waals surface area contributed by atoms with E-state index in [2.05, 4.69) is 10.1 Å². The van der Waals surface area contributed by atoms with Crippen LogP contribution in [0.1, 0.15) is 12.8 Å². The van der Waals surface area contributed by atoms with Gasteiger partial charge in [-0.15, -0.1) is 0 Å². The largest absolute Gasteiger partial charge is 0.467 e. The maximum atomic E-state index is 12.8. The highest BCUT2D eigenvalue weighted by Crippen LogP contribution is 2.30. The molecule has 1 atom stereocenters. The number of benzene rings is 1. The van der Waals surface area contributed by atoms with Crippen LogP contribution in [0.25, 0.3) is 0 Å². The third-order valence-corrected chi connectivity index (χ3v) is 6.94. The maximum absolute atomic E-state index is 12.8. The minimum absolute atomic E-state index is 0.0723. The number of hydrogen-bond donors (Lipinski definition) is 2. The van der Waals surface area contributed by atoms with Gasteiger partial charge < -0.3 is 15.2 Å². The molecule has 1 amide bonds. The molecule has 0 radical (unpaired) electrons. The molecule has 1 saturated heterocycles. The molecule has 0 spiro atoms. The fourth-order valence-electron chi connectivity index (χ4n) is 2.78. The van der Waals surface area contributed by atoms with Crippen LogP contribution in [0.3, 0.4) is 0 Å². The van der Waals surface area contributed by atoms with E-state index in [0.29, 0.717) is 0 Å². The highest BCUT2D eigenvalue weighted by Gasteiger charge is 2.34. The lowest BCUT2D eigenvalue weighted by Crippen LogP contribution is -2.49. The van der Waals surface area contributed by atoms with Crippen molar-refractivity contribution in [2.75, 3.05) is 26.8 Å². The van der Waals surface area contributed by atoms with Crippen LogP contribution in [0.2, 0.25) is 10.0 Å². The molecule has 2 N–H and O–H groups in total. The molecular formula is C16H20Cl2N2O6S. The van der Waals surface area contributed by atoms with E-state index in [1.807, 2.05) is 0 Å². The second kappa shape index (κ2) is 9.20. The van der Waals surface area contributed by atoms with E-state index in [9.17, 15) is 23.1 Å². The molecule has 1 aliphatic heterocycles. The number of piperidine rings is 1. The fourth-order valence-corrected chi connectivity index (χ4v) is 4.99. The van der Waals surface area contributed by atoms with Gasteiger partial charge in [0.25, 0.3) is 0 Å². The Bertz CT molecular complexity index is 809. The van der Waals surface area contributed by atoms with Crippen molar-refractivity contribution < 1.29 is 27.9 Å². The van der Waals surface area contributed by atoms with E-state index >= 15 is 0 Å². The summed E-state index contributed by atoms with van der Waals surface area (Å²) in [5, 5.41) is 11.9. The lowest BCUT2D eigenvalue weighted by molar-refractivity contribution is -0.146. The van der Waals surface area contributed by atoms with Crippen molar-refractivity contribution in [3.8, 4) is 0 Å². The summed E-state index contributed by atoms with van der Waals surface area (Å²) in [5.41, 5.74) is 0. The molecule has 8 nitrogen and oxygen atoms in total. The van der Waals surface area contributed by atoms with Crippen LogP contribution in [-0.2, 0) is 24.3 Å². The Hall–Kier alpha value is -1.39. The molecule has 0 bridgehead atoms. The van der Waals surface area contributed by atoms with Crippen molar-refractivity contribution in [3.05, 3.63) is 28.2 Å². The first-order valence-corrected chi connectivity index (χ1v) is 10.3. The number of esters is 1. The van der Waals surface area contributed by atoms with Crippen molar-refractivity contribution in [1.29, 1.82) is 0 Å². The number of ether oxygens (including phenoxy) is 1. The summed E-state index contributed by atoms with van der Waals surface area (Å²) in [4.78, 5) is 23.7. The van der Waals surface area contributed by atoms with Gasteiger partial charge in [0, 0.05) is 24.0 Å². The van der Waals surface area contributed by atoms with Crippen LogP contribution in [0.4, 0.5) is 0 Å². The molecule has 0 aromatic heterocycles. The first-order chi connectivity index (χ1) is 12.7. The number of methoxy groups -OCH3 is 1. The third-order valence-electron chi connectivity index (χ3n) is 4.32. The van der Waals surface area contributed by atoms with Gasteiger partial charge in [-0.3, -0.25) is 4.79 Å². The number of aliphatic hydroxyl groups excluding tert-OH is 1. The third kappa shape index (κ3) is 5.11. The zero-order chi connectivity index (χ0) is 20.2. The van der Waals surface area contributed by atoms with Gasteiger partial charge in [0.05, 0.1) is 18.7 Å². The Morgan fingerprint density at radius 1 is 1.33 bits per heavy atom. The van der Waals surface area contributed by atoms with Crippen LogP contribution < -0.4 is 5.32 Å². The molecule has 150 valence electrons. The van der Waals surface area contributed by atoms with Crippen molar-refractivity contribution in [3.63, 3.8) is 0 Å². The van der Waals surface area contributed by atoms with E-state index in [1.54, 1.807) is 0 Å². The van der Waals surface area contributed by atoms with Gasteiger partial charge in [0.15, 0.2) is 6.04 Å².